The van der Waals surface area contributed by atoms with Crippen LogP contribution in [-0.2, 0) is 0 Å². The van der Waals surface area contributed by atoms with E-state index in [1.807, 2.05) is 6.07 Å². The van der Waals surface area contributed by atoms with Gasteiger partial charge >= 0.3 is 0 Å². The average Bonchev–Trinajstić information content (AvgIpc) is 2.53. The van der Waals surface area contributed by atoms with Crippen molar-refractivity contribution in [2.45, 2.75) is 0 Å². The van der Waals surface area contributed by atoms with Gasteiger partial charge in [0, 0.05) is 17.7 Å². The summed E-state index contributed by atoms with van der Waals surface area (Å²) in [6.45, 7) is 0. The number of methoxy groups -OCH3 is 2. The van der Waals surface area contributed by atoms with E-state index < -0.39 is 0 Å². The Bertz CT molecular complexity index is 660. The summed E-state index contributed by atoms with van der Waals surface area (Å²) >= 11 is 0. The average molecular weight is 284 g/mol. The van der Waals surface area contributed by atoms with Crippen LogP contribution in [0.1, 0.15) is 15.9 Å². The highest BCUT2D eigenvalue weighted by molar-refractivity contribution is 6.07. The summed E-state index contributed by atoms with van der Waals surface area (Å²) in [6, 6.07) is 12.0. The molecule has 0 aliphatic rings. The summed E-state index contributed by atoms with van der Waals surface area (Å²) in [7, 11) is 2.99. The number of benzene rings is 2. The maximum absolute atomic E-state index is 12.0. The molecule has 0 spiro atoms. The first-order chi connectivity index (χ1) is 10.2. The molecule has 0 saturated carbocycles. The van der Waals surface area contributed by atoms with Crippen LogP contribution in [0.25, 0.3) is 6.08 Å². The summed E-state index contributed by atoms with van der Waals surface area (Å²) in [5.74, 6) is 0.760. The van der Waals surface area contributed by atoms with Crippen molar-refractivity contribution >= 4 is 11.9 Å². The number of phenolic OH excluding ortho intramolecular Hbond substituents is 1. The van der Waals surface area contributed by atoms with E-state index in [1.54, 1.807) is 30.3 Å². The van der Waals surface area contributed by atoms with Crippen LogP contribution in [-0.4, -0.2) is 25.1 Å². The Labute approximate surface area is 123 Å². The van der Waals surface area contributed by atoms with Gasteiger partial charge in [0.05, 0.1) is 19.8 Å². The molecular formula is C17H16O4. The first-order valence-corrected chi connectivity index (χ1v) is 6.38. The summed E-state index contributed by atoms with van der Waals surface area (Å²) in [5, 5.41) is 10.00. The fourth-order valence-corrected chi connectivity index (χ4v) is 1.90. The van der Waals surface area contributed by atoms with Crippen molar-refractivity contribution in [1.82, 2.24) is 0 Å². The molecule has 0 saturated heterocycles. The first-order valence-electron chi connectivity index (χ1n) is 6.38. The molecule has 4 heteroatoms. The SMILES string of the molecule is COc1cc(O)c(/C=C\C(=O)c2ccccc2)c(OC)c1. The van der Waals surface area contributed by atoms with E-state index >= 15 is 0 Å². The van der Waals surface area contributed by atoms with Gasteiger partial charge in [0.2, 0.25) is 0 Å². The van der Waals surface area contributed by atoms with Crippen molar-refractivity contribution < 1.29 is 19.4 Å². The molecule has 0 unspecified atom stereocenters. The molecular weight excluding hydrogens is 268 g/mol. The van der Waals surface area contributed by atoms with Crippen molar-refractivity contribution in [3.05, 3.63) is 59.7 Å². The summed E-state index contributed by atoms with van der Waals surface area (Å²) in [6.07, 6.45) is 2.93. The van der Waals surface area contributed by atoms with Crippen LogP contribution in [0.4, 0.5) is 0 Å². The Morgan fingerprint density at radius 2 is 1.81 bits per heavy atom. The minimum Gasteiger partial charge on any atom is -0.507 e. The van der Waals surface area contributed by atoms with Gasteiger partial charge in [-0.05, 0) is 12.2 Å². The van der Waals surface area contributed by atoms with Crippen molar-refractivity contribution in [2.75, 3.05) is 14.2 Å². The van der Waals surface area contributed by atoms with Crippen molar-refractivity contribution in [1.29, 1.82) is 0 Å². The van der Waals surface area contributed by atoms with Crippen molar-refractivity contribution in [3.8, 4) is 17.2 Å². The van der Waals surface area contributed by atoms with Crippen LogP contribution < -0.4 is 9.47 Å². The minimum atomic E-state index is -0.145. The number of aromatic hydroxyl groups is 1. The third-order valence-electron chi connectivity index (χ3n) is 3.01. The molecule has 2 aromatic rings. The van der Waals surface area contributed by atoms with Crippen LogP contribution in [0.15, 0.2) is 48.5 Å². The highest BCUT2D eigenvalue weighted by Gasteiger charge is 2.10. The molecule has 0 aliphatic carbocycles. The number of allylic oxidation sites excluding steroid dienone is 1. The smallest absolute Gasteiger partial charge is 0.185 e. The second-order valence-corrected chi connectivity index (χ2v) is 4.33. The zero-order valence-electron chi connectivity index (χ0n) is 11.9. The second-order valence-electron chi connectivity index (χ2n) is 4.33. The summed E-state index contributed by atoms with van der Waals surface area (Å²) < 4.78 is 10.3. The lowest BCUT2D eigenvalue weighted by Crippen LogP contribution is -1.94. The Hall–Kier alpha value is -2.75. The Morgan fingerprint density at radius 3 is 2.43 bits per heavy atom. The molecule has 0 bridgehead atoms. The number of rotatable bonds is 5. The van der Waals surface area contributed by atoms with Crippen molar-refractivity contribution in [2.24, 2.45) is 0 Å². The van der Waals surface area contributed by atoms with Gasteiger partial charge in [-0.15, -0.1) is 0 Å². The zero-order chi connectivity index (χ0) is 15.2. The van der Waals surface area contributed by atoms with E-state index in [9.17, 15) is 9.90 Å². The van der Waals surface area contributed by atoms with E-state index in [0.717, 1.165) is 0 Å². The maximum atomic E-state index is 12.0. The standard InChI is InChI=1S/C17H16O4/c1-20-13-10-16(19)14(17(11-13)21-2)8-9-15(18)12-6-4-3-5-7-12/h3-11,19H,1-2H3/b9-8-. The van der Waals surface area contributed by atoms with Gasteiger partial charge in [0.25, 0.3) is 0 Å². The monoisotopic (exact) mass is 284 g/mol. The van der Waals surface area contributed by atoms with Gasteiger partial charge in [-0.2, -0.15) is 0 Å². The molecule has 0 atom stereocenters. The molecule has 0 aromatic heterocycles. The molecule has 0 fully saturated rings. The lowest BCUT2D eigenvalue weighted by atomic mass is 10.1. The van der Waals surface area contributed by atoms with Gasteiger partial charge in [-0.1, -0.05) is 30.3 Å². The second kappa shape index (κ2) is 6.61. The molecule has 2 aromatic carbocycles. The van der Waals surface area contributed by atoms with Gasteiger partial charge in [-0.25, -0.2) is 0 Å². The van der Waals surface area contributed by atoms with E-state index in [-0.39, 0.29) is 11.5 Å². The highest BCUT2D eigenvalue weighted by Crippen LogP contribution is 2.34. The molecule has 4 nitrogen and oxygen atoms in total. The predicted molar refractivity (Wildman–Crippen MR) is 81.0 cm³/mol. The summed E-state index contributed by atoms with van der Waals surface area (Å²) in [4.78, 5) is 12.0. The minimum absolute atomic E-state index is 0.0108. The first kappa shape index (κ1) is 14.7. The molecule has 0 radical (unpaired) electrons. The zero-order valence-corrected chi connectivity index (χ0v) is 11.9. The van der Waals surface area contributed by atoms with Crippen LogP contribution in [0.3, 0.4) is 0 Å². The number of ketones is 1. The fourth-order valence-electron chi connectivity index (χ4n) is 1.90. The topological polar surface area (TPSA) is 55.8 Å². The van der Waals surface area contributed by atoms with Crippen LogP contribution in [0.5, 0.6) is 17.2 Å². The Balaban J connectivity index is 2.31. The Morgan fingerprint density at radius 1 is 1.10 bits per heavy atom. The molecule has 21 heavy (non-hydrogen) atoms. The van der Waals surface area contributed by atoms with E-state index in [1.165, 1.54) is 32.4 Å². The molecule has 0 aliphatic heterocycles. The number of hydrogen-bond acceptors (Lipinski definition) is 4. The van der Waals surface area contributed by atoms with E-state index in [2.05, 4.69) is 0 Å². The van der Waals surface area contributed by atoms with Crippen LogP contribution >= 0.6 is 0 Å². The predicted octanol–water partition coefficient (Wildman–Crippen LogP) is 3.31. The van der Waals surface area contributed by atoms with Gasteiger partial charge < -0.3 is 14.6 Å². The third-order valence-corrected chi connectivity index (χ3v) is 3.01. The number of ether oxygens (including phenoxy) is 2. The van der Waals surface area contributed by atoms with Crippen LogP contribution in [0, 0.1) is 0 Å². The maximum Gasteiger partial charge on any atom is 0.185 e. The van der Waals surface area contributed by atoms with Gasteiger partial charge in [-0.3, -0.25) is 4.79 Å². The van der Waals surface area contributed by atoms with Gasteiger partial charge in [0.15, 0.2) is 5.78 Å². The molecule has 2 rings (SSSR count). The largest absolute Gasteiger partial charge is 0.507 e. The van der Waals surface area contributed by atoms with E-state index in [4.69, 9.17) is 9.47 Å². The highest BCUT2D eigenvalue weighted by atomic mass is 16.5. The van der Waals surface area contributed by atoms with Crippen LogP contribution in [0.2, 0.25) is 0 Å². The van der Waals surface area contributed by atoms with Crippen molar-refractivity contribution in [3.63, 3.8) is 0 Å². The number of carbonyl (C=O) groups excluding carboxylic acids is 1. The van der Waals surface area contributed by atoms with E-state index in [0.29, 0.717) is 22.6 Å². The summed E-state index contributed by atoms with van der Waals surface area (Å²) in [5.41, 5.74) is 1.02. The molecule has 0 heterocycles. The quantitative estimate of drug-likeness (QED) is 0.676. The number of phenols is 1. The molecule has 108 valence electrons. The molecule has 0 amide bonds. The molecule has 1 N–H and O–H groups in total. The number of carbonyl (C=O) groups is 1. The third kappa shape index (κ3) is 3.42. The lowest BCUT2D eigenvalue weighted by Gasteiger charge is -2.09. The number of hydrogen-bond donors (Lipinski definition) is 1. The lowest BCUT2D eigenvalue weighted by molar-refractivity contribution is 0.104. The Kier molecular flexibility index (Phi) is 4.61. The van der Waals surface area contributed by atoms with Gasteiger partial charge in [0.1, 0.15) is 17.2 Å². The normalized spacial score (nSPS) is 10.6. The fraction of sp³-hybridized carbons (Fsp3) is 0.118.